The fraction of sp³-hybridized carbons (Fsp3) is 0.208. The number of benzene rings is 2. The van der Waals surface area contributed by atoms with Crippen molar-refractivity contribution in [2.24, 2.45) is 0 Å². The lowest BCUT2D eigenvalue weighted by molar-refractivity contribution is 0.709. The third-order valence-electron chi connectivity index (χ3n) is 5.67. The van der Waals surface area contributed by atoms with E-state index in [9.17, 15) is 0 Å². The summed E-state index contributed by atoms with van der Waals surface area (Å²) < 4.78 is 2.22. The Hall–Kier alpha value is -2.78. The predicted octanol–water partition coefficient (Wildman–Crippen LogP) is 6.20. The molecule has 140 valence electrons. The van der Waals surface area contributed by atoms with Gasteiger partial charge in [-0.25, -0.2) is 4.98 Å². The average molecular weight is 388 g/mol. The minimum Gasteiger partial charge on any atom is -0.398 e. The third kappa shape index (κ3) is 2.87. The summed E-state index contributed by atoms with van der Waals surface area (Å²) in [5.74, 6) is 0. The Balaban J connectivity index is 1.84. The molecule has 5 rings (SSSR count). The van der Waals surface area contributed by atoms with Gasteiger partial charge in [-0.05, 0) is 67.1 Å². The topological polar surface area (TPSA) is 43.8 Å². The maximum atomic E-state index is 6.70. The van der Waals surface area contributed by atoms with Crippen LogP contribution in [0.15, 0.2) is 60.7 Å². The summed E-state index contributed by atoms with van der Waals surface area (Å²) in [6, 6.07) is 20.5. The van der Waals surface area contributed by atoms with Crippen LogP contribution in [0.2, 0.25) is 5.02 Å². The van der Waals surface area contributed by atoms with Gasteiger partial charge in [0, 0.05) is 27.5 Å². The van der Waals surface area contributed by atoms with Gasteiger partial charge in [0.25, 0.3) is 0 Å². The second-order valence-electron chi connectivity index (χ2n) is 7.46. The number of rotatable bonds is 2. The number of aryl methyl sites for hydroxylation is 1. The number of pyridine rings is 1. The molecule has 3 nitrogen and oxygen atoms in total. The number of aromatic nitrogens is 2. The molecule has 0 radical (unpaired) electrons. The van der Waals surface area contributed by atoms with Crippen LogP contribution in [0.4, 0.5) is 5.69 Å². The quantitative estimate of drug-likeness (QED) is 0.416. The van der Waals surface area contributed by atoms with Crippen molar-refractivity contribution in [2.45, 2.75) is 32.1 Å². The molecule has 1 aliphatic rings. The summed E-state index contributed by atoms with van der Waals surface area (Å²) >= 11 is 6.12. The molecule has 0 bridgehead atoms. The van der Waals surface area contributed by atoms with E-state index in [-0.39, 0.29) is 0 Å². The molecule has 4 aromatic rings. The van der Waals surface area contributed by atoms with Crippen molar-refractivity contribution in [3.63, 3.8) is 0 Å². The molecular formula is C24H22ClN3. The molecule has 28 heavy (non-hydrogen) atoms. The zero-order chi connectivity index (χ0) is 19.1. The summed E-state index contributed by atoms with van der Waals surface area (Å²) in [6.45, 7) is 0. The zero-order valence-electron chi connectivity index (χ0n) is 15.7. The number of anilines is 1. The molecule has 0 spiro atoms. The molecule has 0 atom stereocenters. The first-order valence-electron chi connectivity index (χ1n) is 9.86. The van der Waals surface area contributed by atoms with Crippen molar-refractivity contribution in [2.75, 3.05) is 5.73 Å². The Labute approximate surface area is 169 Å². The second-order valence-corrected chi connectivity index (χ2v) is 7.89. The summed E-state index contributed by atoms with van der Waals surface area (Å²) in [7, 11) is 0. The Kier molecular flexibility index (Phi) is 4.33. The van der Waals surface area contributed by atoms with Crippen LogP contribution >= 0.6 is 11.6 Å². The molecule has 0 aliphatic heterocycles. The number of para-hydroxylation sites is 1. The van der Waals surface area contributed by atoms with Crippen LogP contribution in [0.1, 0.15) is 30.5 Å². The van der Waals surface area contributed by atoms with Gasteiger partial charge in [0.05, 0.1) is 5.69 Å². The molecule has 0 fully saturated rings. The zero-order valence-corrected chi connectivity index (χ0v) is 16.4. The Morgan fingerprint density at radius 3 is 2.43 bits per heavy atom. The van der Waals surface area contributed by atoms with E-state index >= 15 is 0 Å². The molecule has 0 amide bonds. The number of hydrogen-bond acceptors (Lipinski definition) is 2. The minimum atomic E-state index is 0.732. The van der Waals surface area contributed by atoms with E-state index in [0.29, 0.717) is 0 Å². The monoisotopic (exact) mass is 387 g/mol. The highest BCUT2D eigenvalue weighted by molar-refractivity contribution is 6.30. The average Bonchev–Trinajstić information content (AvgIpc) is 2.93. The normalized spacial score (nSPS) is 14.0. The summed E-state index contributed by atoms with van der Waals surface area (Å²) in [5.41, 5.74) is 14.2. The molecule has 2 aromatic heterocycles. The number of nitrogen functional groups attached to an aromatic ring is 1. The van der Waals surface area contributed by atoms with E-state index in [1.54, 1.807) is 0 Å². The van der Waals surface area contributed by atoms with Gasteiger partial charge in [0.15, 0.2) is 0 Å². The van der Waals surface area contributed by atoms with Crippen LogP contribution in [-0.4, -0.2) is 9.55 Å². The summed E-state index contributed by atoms with van der Waals surface area (Å²) in [6.07, 6.45) is 5.65. The van der Waals surface area contributed by atoms with E-state index in [4.69, 9.17) is 22.3 Å². The van der Waals surface area contributed by atoms with Gasteiger partial charge in [0.2, 0.25) is 0 Å². The Bertz CT molecular complexity index is 1140. The number of halogens is 1. The van der Waals surface area contributed by atoms with Crippen LogP contribution < -0.4 is 5.73 Å². The molecule has 0 unspecified atom stereocenters. The molecule has 0 saturated heterocycles. The number of nitrogens with two attached hydrogens (primary N) is 1. The van der Waals surface area contributed by atoms with Crippen molar-refractivity contribution in [3.05, 3.63) is 76.9 Å². The minimum absolute atomic E-state index is 0.732. The van der Waals surface area contributed by atoms with E-state index in [2.05, 4.69) is 47.0 Å². The highest BCUT2D eigenvalue weighted by Gasteiger charge is 2.21. The van der Waals surface area contributed by atoms with Gasteiger partial charge in [-0.3, -0.25) is 4.57 Å². The van der Waals surface area contributed by atoms with Crippen LogP contribution in [0.25, 0.3) is 28.0 Å². The van der Waals surface area contributed by atoms with Crippen molar-refractivity contribution in [1.82, 2.24) is 9.55 Å². The molecule has 4 heteroatoms. The van der Waals surface area contributed by atoms with Gasteiger partial charge in [-0.1, -0.05) is 48.4 Å². The van der Waals surface area contributed by atoms with Crippen LogP contribution in [0.3, 0.4) is 0 Å². The third-order valence-corrected chi connectivity index (χ3v) is 5.93. The molecular weight excluding hydrogens is 366 g/mol. The Morgan fingerprint density at radius 2 is 1.64 bits per heavy atom. The van der Waals surface area contributed by atoms with Crippen molar-refractivity contribution >= 4 is 28.3 Å². The van der Waals surface area contributed by atoms with Crippen LogP contribution in [0, 0.1) is 0 Å². The smallest absolute Gasteiger partial charge is 0.147 e. The molecule has 1 aliphatic carbocycles. The van der Waals surface area contributed by atoms with Gasteiger partial charge < -0.3 is 5.73 Å². The maximum absolute atomic E-state index is 6.70. The highest BCUT2D eigenvalue weighted by Crippen LogP contribution is 2.37. The number of fused-ring (bicyclic) bond motifs is 2. The lowest BCUT2D eigenvalue weighted by Gasteiger charge is -2.13. The van der Waals surface area contributed by atoms with Gasteiger partial charge in [-0.15, -0.1) is 0 Å². The van der Waals surface area contributed by atoms with Crippen molar-refractivity contribution in [3.8, 4) is 16.9 Å². The number of hydrogen-bond donors (Lipinski definition) is 1. The fourth-order valence-corrected chi connectivity index (χ4v) is 4.38. The predicted molar refractivity (Wildman–Crippen MR) is 117 cm³/mol. The first-order valence-corrected chi connectivity index (χ1v) is 10.2. The SMILES string of the molecule is Nc1c2c(nc3c1cc(-c1ccc(Cl)cc1)n3-c1ccccc1)CCCCC2. The standard InChI is InChI=1S/C24H22ClN3/c25-17-13-11-16(12-14-17)22-15-20-23(26)19-9-5-2-6-10-21(19)27-24(20)28(22)18-7-3-1-4-8-18/h1,3-4,7-8,11-15H,2,5-6,9-10H2,(H2,26,27). The van der Waals surface area contributed by atoms with E-state index in [0.717, 1.165) is 51.5 Å². The molecule has 2 N–H and O–H groups in total. The van der Waals surface area contributed by atoms with E-state index in [1.165, 1.54) is 30.5 Å². The lowest BCUT2D eigenvalue weighted by Crippen LogP contribution is -2.05. The van der Waals surface area contributed by atoms with Gasteiger partial charge >= 0.3 is 0 Å². The Morgan fingerprint density at radius 1 is 0.893 bits per heavy atom. The fourth-order valence-electron chi connectivity index (χ4n) is 4.25. The van der Waals surface area contributed by atoms with Gasteiger partial charge in [-0.2, -0.15) is 0 Å². The van der Waals surface area contributed by atoms with E-state index < -0.39 is 0 Å². The van der Waals surface area contributed by atoms with Gasteiger partial charge in [0.1, 0.15) is 5.65 Å². The van der Waals surface area contributed by atoms with Crippen LogP contribution in [-0.2, 0) is 12.8 Å². The summed E-state index contributed by atoms with van der Waals surface area (Å²) in [5, 5.41) is 1.77. The summed E-state index contributed by atoms with van der Waals surface area (Å²) in [4.78, 5) is 5.13. The second kappa shape index (κ2) is 6.99. The molecule has 2 heterocycles. The molecule has 0 saturated carbocycles. The molecule has 2 aromatic carbocycles. The maximum Gasteiger partial charge on any atom is 0.147 e. The van der Waals surface area contributed by atoms with Crippen LogP contribution in [0.5, 0.6) is 0 Å². The van der Waals surface area contributed by atoms with Crippen molar-refractivity contribution < 1.29 is 0 Å². The number of nitrogens with zero attached hydrogens (tertiary/aromatic N) is 2. The van der Waals surface area contributed by atoms with E-state index in [1.807, 2.05) is 18.2 Å². The lowest BCUT2D eigenvalue weighted by atomic mass is 10.0. The van der Waals surface area contributed by atoms with Crippen molar-refractivity contribution in [1.29, 1.82) is 0 Å². The first-order chi connectivity index (χ1) is 13.7. The largest absolute Gasteiger partial charge is 0.398 e. The highest BCUT2D eigenvalue weighted by atomic mass is 35.5. The first kappa shape index (κ1) is 17.3.